The lowest BCUT2D eigenvalue weighted by molar-refractivity contribution is -0.274. The number of benzene rings is 3. The smallest absolute Gasteiger partial charge is 0.453 e. The first-order chi connectivity index (χ1) is 28.2. The van der Waals surface area contributed by atoms with Crippen LogP contribution in [0, 0.1) is 5.41 Å². The third-order valence-electron chi connectivity index (χ3n) is 11.8. The molecule has 1 saturated carbocycles. The van der Waals surface area contributed by atoms with E-state index in [2.05, 4.69) is 10.8 Å². The van der Waals surface area contributed by atoms with Gasteiger partial charge in [0.25, 0.3) is 0 Å². The van der Waals surface area contributed by atoms with Gasteiger partial charge in [-0.15, -0.1) is 13.2 Å². The summed E-state index contributed by atoms with van der Waals surface area (Å²) >= 11 is 6.30. The summed E-state index contributed by atoms with van der Waals surface area (Å²) in [6.07, 6.45) is -6.15. The van der Waals surface area contributed by atoms with E-state index in [1.807, 2.05) is 19.9 Å². The Morgan fingerprint density at radius 2 is 1.70 bits per heavy atom. The van der Waals surface area contributed by atoms with Gasteiger partial charge in [0.2, 0.25) is 5.78 Å². The lowest BCUT2D eigenvalue weighted by Gasteiger charge is -2.46. The predicted molar refractivity (Wildman–Crippen MR) is 212 cm³/mol. The van der Waals surface area contributed by atoms with E-state index in [0.29, 0.717) is 48.8 Å². The fraction of sp³-hybridized carbons (Fsp3) is 0.422. The molecule has 1 aromatic heterocycles. The van der Waals surface area contributed by atoms with Gasteiger partial charge in [-0.25, -0.2) is 4.79 Å². The Balaban J connectivity index is 1.39. The Kier molecular flexibility index (Phi) is 13.2. The summed E-state index contributed by atoms with van der Waals surface area (Å²) in [6.45, 7) is 5.22. The highest BCUT2D eigenvalue weighted by Gasteiger charge is 2.58. The Labute approximate surface area is 348 Å². The normalized spacial score (nSPS) is 22.4. The molecule has 8 nitrogen and oxygen atoms in total. The van der Waals surface area contributed by atoms with Crippen molar-refractivity contribution < 1.29 is 60.0 Å². The zero-order valence-electron chi connectivity index (χ0n) is 33.3. The van der Waals surface area contributed by atoms with Crippen molar-refractivity contribution in [2.24, 2.45) is 5.41 Å². The monoisotopic (exact) mass is 861 g/mol. The van der Waals surface area contributed by atoms with Crippen LogP contribution in [-0.4, -0.2) is 58.2 Å². The minimum atomic E-state index is -4.89. The van der Waals surface area contributed by atoms with E-state index < -0.39 is 58.8 Å². The van der Waals surface area contributed by atoms with Crippen molar-refractivity contribution in [1.82, 2.24) is 4.90 Å². The number of ether oxygens (including phenoxy) is 2. The molecule has 1 amide bonds. The molecule has 1 heterocycles. The third-order valence-corrected chi connectivity index (χ3v) is 12.1. The summed E-state index contributed by atoms with van der Waals surface area (Å²) < 4.78 is 94.6. The van der Waals surface area contributed by atoms with Crippen LogP contribution in [-0.2, 0) is 23.9 Å². The number of furan rings is 1. The van der Waals surface area contributed by atoms with Crippen molar-refractivity contribution in [1.29, 1.82) is 0 Å². The number of halogens is 7. The lowest BCUT2D eigenvalue weighted by atomic mass is 9.64. The van der Waals surface area contributed by atoms with E-state index >= 15 is 0 Å². The Bertz CT molecular complexity index is 2220. The maximum Gasteiger partial charge on any atom is 0.573 e. The minimum absolute atomic E-state index is 0.0101. The predicted octanol–water partition coefficient (Wildman–Crippen LogP) is 11.4. The number of hydrogen-bond acceptors (Lipinski definition) is 7. The van der Waals surface area contributed by atoms with Crippen molar-refractivity contribution in [2.75, 3.05) is 13.2 Å². The first kappa shape index (κ1) is 44.8. The fourth-order valence-corrected chi connectivity index (χ4v) is 8.77. The molecule has 0 spiro atoms. The topological polar surface area (TPSA) is 109 Å². The van der Waals surface area contributed by atoms with Gasteiger partial charge in [-0.1, -0.05) is 54.4 Å². The second-order valence-corrected chi connectivity index (χ2v) is 16.3. The number of rotatable bonds is 9. The molecule has 0 radical (unpaired) electrons. The largest absolute Gasteiger partial charge is 0.573 e. The maximum absolute atomic E-state index is 14.6. The number of hydrogen-bond donors (Lipinski definition) is 2. The molecule has 4 atom stereocenters. The van der Waals surface area contributed by atoms with E-state index in [1.54, 1.807) is 19.1 Å². The summed E-state index contributed by atoms with van der Waals surface area (Å²) in [6, 6.07) is 15.9. The summed E-state index contributed by atoms with van der Waals surface area (Å²) in [4.78, 5) is 29.4. The Hall–Kier alpha value is -4.79. The average molecular weight is 862 g/mol. The van der Waals surface area contributed by atoms with Crippen LogP contribution >= 0.6 is 11.6 Å². The molecule has 0 saturated heterocycles. The highest BCUT2D eigenvalue weighted by molar-refractivity contribution is 6.33. The lowest BCUT2D eigenvalue weighted by Crippen LogP contribution is -2.53. The molecule has 7 rings (SSSR count). The SMILES string of the molecule is CCOC(=O)N(Cc1ccc(OC(F)(F)F)cc1)C[C@]1(O)CC[C@H]2c3ccc(cc3C(=O)c3ccc(-c4cc(C(F)(F)F)ccc4Cl)o3)C[C@@H](O)CCC(C)=CCC[C@@]21C. The van der Waals surface area contributed by atoms with E-state index in [4.69, 9.17) is 20.8 Å². The van der Waals surface area contributed by atoms with Crippen LogP contribution in [0.3, 0.4) is 0 Å². The molecule has 0 unspecified atom stereocenters. The number of ketones is 1. The van der Waals surface area contributed by atoms with Crippen LogP contribution < -0.4 is 4.74 Å². The minimum Gasteiger partial charge on any atom is -0.453 e. The van der Waals surface area contributed by atoms with E-state index in [0.717, 1.165) is 35.9 Å². The highest BCUT2D eigenvalue weighted by atomic mass is 35.5. The van der Waals surface area contributed by atoms with Gasteiger partial charge in [-0.3, -0.25) is 4.79 Å². The zero-order valence-corrected chi connectivity index (χ0v) is 34.0. The third kappa shape index (κ3) is 10.0. The second-order valence-electron chi connectivity index (χ2n) is 15.9. The van der Waals surface area contributed by atoms with Crippen molar-refractivity contribution in [3.63, 3.8) is 0 Å². The van der Waals surface area contributed by atoms with Gasteiger partial charge in [0.15, 0.2) is 5.76 Å². The molecule has 0 aliphatic heterocycles. The standard InChI is InChI=1S/C45H46ClF6NO7/c1-4-58-41(56)53(25-28-8-13-32(14-9-28)60-45(50,51)52)26-43(57)21-19-36-33-15-10-29(22-31(54)12-7-27(2)6-5-20-42(36,43)3)23-34(33)40(55)39-18-17-38(59-39)35-24-30(44(47,48)49)11-16-37(35)46/h6,8-11,13-18,23-24,31,36,54,57H,4-5,7,12,19-22,25-26H2,1-3H3/t31-,36-,42-,43+/m0/s1. The summed E-state index contributed by atoms with van der Waals surface area (Å²) in [5.41, 5.74) is -0.591. The molecular formula is C45H46ClF6NO7. The second kappa shape index (κ2) is 17.7. The molecule has 2 N–H and O–H groups in total. The number of amides is 1. The summed E-state index contributed by atoms with van der Waals surface area (Å²) in [5.74, 6) is -1.69. The van der Waals surface area contributed by atoms with Gasteiger partial charge >= 0.3 is 18.6 Å². The van der Waals surface area contributed by atoms with Crippen LogP contribution in [0.5, 0.6) is 5.75 Å². The van der Waals surface area contributed by atoms with Crippen molar-refractivity contribution in [3.05, 3.63) is 123 Å². The number of carbonyl (C=O) groups is 2. The van der Waals surface area contributed by atoms with Gasteiger partial charge in [0.05, 0.1) is 35.4 Å². The van der Waals surface area contributed by atoms with E-state index in [1.165, 1.54) is 29.2 Å². The van der Waals surface area contributed by atoms with Gasteiger partial charge in [-0.2, -0.15) is 13.2 Å². The Morgan fingerprint density at radius 1 is 0.967 bits per heavy atom. The van der Waals surface area contributed by atoms with Gasteiger partial charge in [0.1, 0.15) is 11.5 Å². The molecule has 3 aliphatic rings. The van der Waals surface area contributed by atoms with Gasteiger partial charge in [0, 0.05) is 23.1 Å². The first-order valence-electron chi connectivity index (χ1n) is 19.7. The van der Waals surface area contributed by atoms with Crippen LogP contribution in [0.25, 0.3) is 11.3 Å². The molecule has 15 heteroatoms. The number of carbonyl (C=O) groups excluding carboxylic acids is 2. The number of allylic oxidation sites excluding steroid dienone is 2. The van der Waals surface area contributed by atoms with Gasteiger partial charge < -0.3 is 29.0 Å². The fourth-order valence-electron chi connectivity index (χ4n) is 8.56. The zero-order chi connectivity index (χ0) is 43.6. The molecule has 1 fully saturated rings. The van der Waals surface area contributed by atoms with E-state index in [-0.39, 0.29) is 60.2 Å². The number of alkyl halides is 6. The summed E-state index contributed by atoms with van der Waals surface area (Å²) in [7, 11) is 0. The molecule has 4 aromatic rings. The van der Waals surface area contributed by atoms with Crippen molar-refractivity contribution >= 4 is 23.5 Å². The number of nitrogens with zero attached hydrogens (tertiary/aromatic N) is 1. The maximum atomic E-state index is 14.6. The quantitative estimate of drug-likeness (QED) is 0.0980. The van der Waals surface area contributed by atoms with Crippen molar-refractivity contribution in [2.45, 2.75) is 102 Å². The van der Waals surface area contributed by atoms with Crippen LogP contribution in [0.1, 0.15) is 104 Å². The highest BCUT2D eigenvalue weighted by Crippen LogP contribution is 2.59. The number of fused-ring (bicyclic) bond motifs is 8. The molecule has 60 heavy (non-hydrogen) atoms. The number of aliphatic hydroxyl groups is 2. The molecule has 3 aliphatic carbocycles. The molecule has 322 valence electrons. The van der Waals surface area contributed by atoms with Crippen LogP contribution in [0.15, 0.2) is 88.9 Å². The Morgan fingerprint density at radius 3 is 2.38 bits per heavy atom. The van der Waals surface area contributed by atoms with Crippen LogP contribution in [0.2, 0.25) is 5.02 Å². The van der Waals surface area contributed by atoms with E-state index in [9.17, 15) is 46.1 Å². The first-order valence-corrected chi connectivity index (χ1v) is 20.0. The average Bonchev–Trinajstić information content (AvgIpc) is 3.76. The molecular weight excluding hydrogens is 816 g/mol. The summed E-state index contributed by atoms with van der Waals surface area (Å²) in [5, 5.41) is 23.9. The van der Waals surface area contributed by atoms with Crippen molar-refractivity contribution in [3.8, 4) is 17.1 Å². The molecule has 2 bridgehead atoms. The van der Waals surface area contributed by atoms with Gasteiger partial charge in [-0.05, 0) is 130 Å². The van der Waals surface area contributed by atoms with Crippen LogP contribution in [0.4, 0.5) is 31.1 Å². The number of aliphatic hydroxyl groups excluding tert-OH is 1. The molecule has 3 aromatic carbocycles.